The van der Waals surface area contributed by atoms with E-state index >= 15 is 0 Å². The fourth-order valence-corrected chi connectivity index (χ4v) is 2.75. The molecule has 0 spiro atoms. The number of hydrogen-bond donors (Lipinski definition) is 1. The van der Waals surface area contributed by atoms with Gasteiger partial charge in [-0.1, -0.05) is 26.7 Å². The Balaban J connectivity index is 1.75. The van der Waals surface area contributed by atoms with Gasteiger partial charge in [-0.05, 0) is 43.9 Å². The molecule has 82 valence electrons. The Labute approximate surface area is 88.7 Å². The van der Waals surface area contributed by atoms with E-state index in [9.17, 15) is 0 Å². The van der Waals surface area contributed by atoms with Crippen molar-refractivity contribution in [2.24, 2.45) is 11.8 Å². The van der Waals surface area contributed by atoms with E-state index < -0.39 is 0 Å². The molecule has 14 heavy (non-hydrogen) atoms. The highest BCUT2D eigenvalue weighted by Crippen LogP contribution is 2.30. The van der Waals surface area contributed by atoms with Crippen molar-refractivity contribution in [3.8, 4) is 0 Å². The molecule has 2 unspecified atom stereocenters. The Bertz CT molecular complexity index is 172. The Hall–Kier alpha value is -0.0400. The van der Waals surface area contributed by atoms with Gasteiger partial charge in [-0.25, -0.2) is 0 Å². The number of rotatable bonds is 3. The maximum atomic E-state index is 3.79. The van der Waals surface area contributed by atoms with Crippen LogP contribution in [-0.4, -0.2) is 12.1 Å². The molecule has 0 heterocycles. The molecule has 2 atom stereocenters. The molecule has 0 saturated heterocycles. The molecule has 0 amide bonds. The minimum Gasteiger partial charge on any atom is -0.311 e. The average Bonchev–Trinajstić information content (AvgIpc) is 2.92. The fourth-order valence-electron chi connectivity index (χ4n) is 2.75. The molecule has 2 rings (SSSR count). The third-order valence-electron chi connectivity index (χ3n) is 4.00. The zero-order chi connectivity index (χ0) is 9.97. The lowest BCUT2D eigenvalue weighted by Gasteiger charge is -2.19. The van der Waals surface area contributed by atoms with Crippen LogP contribution in [0.4, 0.5) is 0 Å². The van der Waals surface area contributed by atoms with Gasteiger partial charge in [0.2, 0.25) is 0 Å². The minimum atomic E-state index is 0.853. The Kier molecular flexibility index (Phi) is 3.48. The summed E-state index contributed by atoms with van der Waals surface area (Å²) in [6.07, 6.45) is 10.1. The van der Waals surface area contributed by atoms with Gasteiger partial charge >= 0.3 is 0 Å². The summed E-state index contributed by atoms with van der Waals surface area (Å²) < 4.78 is 0. The normalized spacial score (nSPS) is 34.5. The molecule has 0 radical (unpaired) electrons. The van der Waals surface area contributed by atoms with Crippen LogP contribution in [0.5, 0.6) is 0 Å². The molecule has 2 saturated carbocycles. The largest absolute Gasteiger partial charge is 0.311 e. The smallest absolute Gasteiger partial charge is 0.00708 e. The van der Waals surface area contributed by atoms with Crippen LogP contribution >= 0.6 is 0 Å². The summed E-state index contributed by atoms with van der Waals surface area (Å²) in [4.78, 5) is 0. The lowest BCUT2D eigenvalue weighted by Crippen LogP contribution is -2.30. The Morgan fingerprint density at radius 1 is 0.857 bits per heavy atom. The summed E-state index contributed by atoms with van der Waals surface area (Å²) >= 11 is 0. The van der Waals surface area contributed by atoms with Gasteiger partial charge in [0.1, 0.15) is 0 Å². The Morgan fingerprint density at radius 2 is 1.50 bits per heavy atom. The molecule has 0 aromatic carbocycles. The van der Waals surface area contributed by atoms with Gasteiger partial charge in [-0.3, -0.25) is 0 Å². The predicted molar refractivity (Wildman–Crippen MR) is 61.4 cm³/mol. The monoisotopic (exact) mass is 195 g/mol. The van der Waals surface area contributed by atoms with Crippen molar-refractivity contribution in [2.75, 3.05) is 0 Å². The van der Waals surface area contributed by atoms with Gasteiger partial charge in [0.05, 0.1) is 0 Å². The summed E-state index contributed by atoms with van der Waals surface area (Å²) in [7, 11) is 0. The highest BCUT2D eigenvalue weighted by atomic mass is 15.0. The molecule has 1 N–H and O–H groups in total. The first kappa shape index (κ1) is 10.5. The van der Waals surface area contributed by atoms with Crippen LogP contribution in [0.3, 0.4) is 0 Å². The second kappa shape index (κ2) is 4.65. The molecule has 2 fully saturated rings. The van der Waals surface area contributed by atoms with Crippen molar-refractivity contribution in [3.63, 3.8) is 0 Å². The summed E-state index contributed by atoms with van der Waals surface area (Å²) in [5, 5.41) is 3.79. The van der Waals surface area contributed by atoms with Crippen molar-refractivity contribution in [3.05, 3.63) is 0 Å². The summed E-state index contributed by atoms with van der Waals surface area (Å²) in [6.45, 7) is 4.78. The zero-order valence-corrected chi connectivity index (χ0v) is 9.76. The van der Waals surface area contributed by atoms with Crippen LogP contribution < -0.4 is 5.32 Å². The van der Waals surface area contributed by atoms with Gasteiger partial charge in [0.25, 0.3) is 0 Å². The van der Waals surface area contributed by atoms with E-state index in [1.807, 2.05) is 0 Å². The molecular formula is C13H25N. The van der Waals surface area contributed by atoms with Gasteiger partial charge in [-0.2, -0.15) is 0 Å². The maximum absolute atomic E-state index is 3.79. The van der Waals surface area contributed by atoms with E-state index in [0.29, 0.717) is 0 Å². The molecule has 1 heteroatoms. The van der Waals surface area contributed by atoms with Gasteiger partial charge in [-0.15, -0.1) is 0 Å². The highest BCUT2D eigenvalue weighted by Gasteiger charge is 2.26. The standard InChI is InChI=1S/C13H25N/c1-10(2)11-4-3-5-12(7-6-11)14-13-8-9-13/h10-14H,3-9H2,1-2H3. The second-order valence-corrected chi connectivity index (χ2v) is 5.65. The van der Waals surface area contributed by atoms with E-state index in [-0.39, 0.29) is 0 Å². The second-order valence-electron chi connectivity index (χ2n) is 5.65. The molecule has 0 aliphatic heterocycles. The van der Waals surface area contributed by atoms with E-state index in [0.717, 1.165) is 23.9 Å². The van der Waals surface area contributed by atoms with Crippen molar-refractivity contribution in [1.29, 1.82) is 0 Å². The van der Waals surface area contributed by atoms with Crippen molar-refractivity contribution >= 4 is 0 Å². The minimum absolute atomic E-state index is 0.853. The number of nitrogens with one attached hydrogen (secondary N) is 1. The lowest BCUT2D eigenvalue weighted by atomic mass is 9.89. The molecule has 2 aliphatic rings. The quantitative estimate of drug-likeness (QED) is 0.681. The topological polar surface area (TPSA) is 12.0 Å². The molecule has 0 aromatic rings. The number of hydrogen-bond acceptors (Lipinski definition) is 1. The van der Waals surface area contributed by atoms with Gasteiger partial charge in [0.15, 0.2) is 0 Å². The lowest BCUT2D eigenvalue weighted by molar-refractivity contribution is 0.337. The average molecular weight is 195 g/mol. The third-order valence-corrected chi connectivity index (χ3v) is 4.00. The molecule has 2 aliphatic carbocycles. The first-order valence-electron chi connectivity index (χ1n) is 6.51. The van der Waals surface area contributed by atoms with Gasteiger partial charge < -0.3 is 5.32 Å². The maximum Gasteiger partial charge on any atom is 0.00708 e. The van der Waals surface area contributed by atoms with Crippen LogP contribution in [0.1, 0.15) is 58.8 Å². The van der Waals surface area contributed by atoms with Crippen molar-refractivity contribution in [1.82, 2.24) is 5.32 Å². The molecule has 0 aromatic heterocycles. The van der Waals surface area contributed by atoms with E-state index in [1.54, 1.807) is 0 Å². The van der Waals surface area contributed by atoms with Crippen LogP contribution in [0, 0.1) is 11.8 Å². The van der Waals surface area contributed by atoms with E-state index in [2.05, 4.69) is 19.2 Å². The first-order valence-corrected chi connectivity index (χ1v) is 6.51. The summed E-state index contributed by atoms with van der Waals surface area (Å²) in [5.74, 6) is 1.90. The van der Waals surface area contributed by atoms with Crippen LogP contribution in [0.2, 0.25) is 0 Å². The van der Waals surface area contributed by atoms with Crippen molar-refractivity contribution < 1.29 is 0 Å². The van der Waals surface area contributed by atoms with Gasteiger partial charge in [0, 0.05) is 12.1 Å². The van der Waals surface area contributed by atoms with Crippen LogP contribution in [0.25, 0.3) is 0 Å². The van der Waals surface area contributed by atoms with Crippen LogP contribution in [-0.2, 0) is 0 Å². The third kappa shape index (κ3) is 2.98. The summed E-state index contributed by atoms with van der Waals surface area (Å²) in [5.41, 5.74) is 0. The fraction of sp³-hybridized carbons (Fsp3) is 1.00. The SMILES string of the molecule is CC(C)C1CCCC(NC2CC2)CC1. The van der Waals surface area contributed by atoms with E-state index in [4.69, 9.17) is 0 Å². The van der Waals surface area contributed by atoms with E-state index in [1.165, 1.54) is 44.9 Å². The van der Waals surface area contributed by atoms with Crippen LogP contribution in [0.15, 0.2) is 0 Å². The zero-order valence-electron chi connectivity index (χ0n) is 9.76. The predicted octanol–water partition coefficient (Wildman–Crippen LogP) is 3.34. The molecule has 0 bridgehead atoms. The Morgan fingerprint density at radius 3 is 2.14 bits per heavy atom. The molecule has 1 nitrogen and oxygen atoms in total. The summed E-state index contributed by atoms with van der Waals surface area (Å²) in [6, 6.07) is 1.75. The highest BCUT2D eigenvalue weighted by molar-refractivity contribution is 4.86. The first-order chi connectivity index (χ1) is 6.75. The van der Waals surface area contributed by atoms with Crippen molar-refractivity contribution in [2.45, 2.75) is 70.9 Å². The molecular weight excluding hydrogens is 170 g/mol.